The fraction of sp³-hybridized carbons (Fsp3) is 0.357. The van der Waals surface area contributed by atoms with Crippen molar-refractivity contribution in [2.24, 2.45) is 0 Å². The van der Waals surface area contributed by atoms with Crippen molar-refractivity contribution in [2.45, 2.75) is 32.9 Å². The van der Waals surface area contributed by atoms with Crippen LogP contribution in [0.15, 0.2) is 41.0 Å². The van der Waals surface area contributed by atoms with Crippen LogP contribution in [0.2, 0.25) is 0 Å². The van der Waals surface area contributed by atoms with E-state index in [0.29, 0.717) is 6.04 Å². The molecule has 1 atom stereocenters. The first-order chi connectivity index (χ1) is 8.24. The van der Waals surface area contributed by atoms with E-state index in [1.807, 2.05) is 37.3 Å². The van der Waals surface area contributed by atoms with Gasteiger partial charge in [-0.2, -0.15) is 0 Å². The maximum absolute atomic E-state index is 5.32. The molecule has 0 aliphatic heterocycles. The summed E-state index contributed by atoms with van der Waals surface area (Å²) in [5.41, 5.74) is 2.14. The summed E-state index contributed by atoms with van der Waals surface area (Å²) in [4.78, 5) is 4.46. The van der Waals surface area contributed by atoms with E-state index in [-0.39, 0.29) is 0 Å². The van der Waals surface area contributed by atoms with Crippen molar-refractivity contribution < 1.29 is 4.42 Å². The van der Waals surface area contributed by atoms with Crippen LogP contribution in [0.1, 0.15) is 24.1 Å². The molecule has 0 saturated heterocycles. The van der Waals surface area contributed by atoms with E-state index >= 15 is 0 Å². The highest BCUT2D eigenvalue weighted by molar-refractivity contribution is 5.10. The van der Waals surface area contributed by atoms with Crippen molar-refractivity contribution in [3.05, 3.63) is 53.7 Å². The Morgan fingerprint density at radius 1 is 1.29 bits per heavy atom. The molecule has 0 aliphatic carbocycles. The van der Waals surface area contributed by atoms with Gasteiger partial charge >= 0.3 is 0 Å². The van der Waals surface area contributed by atoms with Gasteiger partial charge in [0.25, 0.3) is 0 Å². The predicted molar refractivity (Wildman–Crippen MR) is 67.7 cm³/mol. The summed E-state index contributed by atoms with van der Waals surface area (Å²) in [6, 6.07) is 10.4. The maximum atomic E-state index is 5.32. The van der Waals surface area contributed by atoms with Crippen molar-refractivity contribution in [3.63, 3.8) is 0 Å². The van der Waals surface area contributed by atoms with Gasteiger partial charge in [0.1, 0.15) is 5.76 Å². The second kappa shape index (κ2) is 5.64. The molecule has 1 unspecified atom stereocenters. The Kier molecular flexibility index (Phi) is 3.94. The van der Waals surface area contributed by atoms with Crippen LogP contribution in [0.4, 0.5) is 0 Å². The van der Waals surface area contributed by atoms with Crippen LogP contribution in [-0.4, -0.2) is 11.0 Å². The quantitative estimate of drug-likeness (QED) is 0.858. The van der Waals surface area contributed by atoms with Gasteiger partial charge in [-0.3, -0.25) is 4.98 Å². The largest absolute Gasteiger partial charge is 0.469 e. The van der Waals surface area contributed by atoms with Gasteiger partial charge in [0, 0.05) is 24.7 Å². The lowest BCUT2D eigenvalue weighted by Crippen LogP contribution is -2.27. The minimum atomic E-state index is 0.378. The van der Waals surface area contributed by atoms with E-state index in [0.717, 1.165) is 30.1 Å². The van der Waals surface area contributed by atoms with Gasteiger partial charge < -0.3 is 9.73 Å². The third kappa shape index (κ3) is 3.71. The molecule has 0 saturated carbocycles. The number of pyridine rings is 1. The van der Waals surface area contributed by atoms with E-state index in [4.69, 9.17) is 4.42 Å². The molecule has 0 radical (unpaired) electrons. The fourth-order valence-electron chi connectivity index (χ4n) is 1.78. The number of hydrogen-bond acceptors (Lipinski definition) is 3. The van der Waals surface area contributed by atoms with Crippen LogP contribution in [0.3, 0.4) is 0 Å². The summed E-state index contributed by atoms with van der Waals surface area (Å²) in [6.07, 6.45) is 2.61. The Bertz CT molecular complexity index is 451. The zero-order chi connectivity index (χ0) is 12.1. The maximum Gasteiger partial charge on any atom is 0.105 e. The van der Waals surface area contributed by atoms with Crippen LogP contribution in [0.5, 0.6) is 0 Å². The molecule has 0 fully saturated rings. The van der Waals surface area contributed by atoms with Crippen molar-refractivity contribution >= 4 is 0 Å². The van der Waals surface area contributed by atoms with Crippen LogP contribution in [0.25, 0.3) is 0 Å². The molecule has 0 bridgehead atoms. The van der Waals surface area contributed by atoms with Crippen molar-refractivity contribution in [3.8, 4) is 0 Å². The zero-order valence-electron chi connectivity index (χ0n) is 10.3. The van der Waals surface area contributed by atoms with Gasteiger partial charge in [0.2, 0.25) is 0 Å². The van der Waals surface area contributed by atoms with Gasteiger partial charge in [-0.05, 0) is 38.1 Å². The molecule has 0 spiro atoms. The summed E-state index contributed by atoms with van der Waals surface area (Å²) in [5, 5.41) is 3.44. The number of furan rings is 1. The van der Waals surface area contributed by atoms with E-state index in [2.05, 4.69) is 17.2 Å². The summed E-state index contributed by atoms with van der Waals surface area (Å²) < 4.78 is 5.32. The van der Waals surface area contributed by atoms with Crippen LogP contribution >= 0.6 is 0 Å². The lowest BCUT2D eigenvalue weighted by Gasteiger charge is -2.12. The van der Waals surface area contributed by atoms with Gasteiger partial charge in [-0.15, -0.1) is 0 Å². The third-order valence-corrected chi connectivity index (χ3v) is 2.67. The second-order valence-electron chi connectivity index (χ2n) is 4.34. The van der Waals surface area contributed by atoms with E-state index < -0.39 is 0 Å². The summed E-state index contributed by atoms with van der Waals surface area (Å²) in [6.45, 7) is 4.96. The Balaban J connectivity index is 1.82. The molecule has 1 N–H and O–H groups in total. The fourth-order valence-corrected chi connectivity index (χ4v) is 1.78. The Morgan fingerprint density at radius 2 is 2.18 bits per heavy atom. The molecule has 2 aromatic rings. The second-order valence-corrected chi connectivity index (χ2v) is 4.34. The van der Waals surface area contributed by atoms with Crippen LogP contribution < -0.4 is 5.32 Å². The Labute approximate surface area is 102 Å². The first kappa shape index (κ1) is 11.9. The first-order valence-corrected chi connectivity index (χ1v) is 5.92. The minimum absolute atomic E-state index is 0.378. The number of nitrogens with zero attached hydrogens (tertiary/aromatic N) is 1. The van der Waals surface area contributed by atoms with E-state index in [9.17, 15) is 0 Å². The average Bonchev–Trinajstić information content (AvgIpc) is 2.79. The van der Waals surface area contributed by atoms with Crippen LogP contribution in [0, 0.1) is 6.92 Å². The number of nitrogens with one attached hydrogen (secondary N) is 1. The predicted octanol–water partition coefficient (Wildman–Crippen LogP) is 2.70. The monoisotopic (exact) mass is 230 g/mol. The number of aryl methyl sites for hydroxylation is 1. The third-order valence-electron chi connectivity index (χ3n) is 2.67. The highest BCUT2D eigenvalue weighted by atomic mass is 16.3. The molecule has 90 valence electrons. The highest BCUT2D eigenvalue weighted by Crippen LogP contribution is 2.05. The zero-order valence-corrected chi connectivity index (χ0v) is 10.3. The molecule has 0 aliphatic rings. The number of hydrogen-bond donors (Lipinski definition) is 1. The van der Waals surface area contributed by atoms with E-state index in [1.165, 1.54) is 0 Å². The molecule has 17 heavy (non-hydrogen) atoms. The minimum Gasteiger partial charge on any atom is -0.469 e. The molecule has 3 heteroatoms. The summed E-state index contributed by atoms with van der Waals surface area (Å²) in [5.74, 6) is 1.02. The SMILES string of the molecule is Cc1cccc(CNC(C)Cc2ccco2)n1. The summed E-state index contributed by atoms with van der Waals surface area (Å²) in [7, 11) is 0. The smallest absolute Gasteiger partial charge is 0.105 e. The molecule has 0 aromatic carbocycles. The Hall–Kier alpha value is -1.61. The Morgan fingerprint density at radius 3 is 2.88 bits per heavy atom. The van der Waals surface area contributed by atoms with Crippen molar-refractivity contribution in [2.75, 3.05) is 0 Å². The number of aromatic nitrogens is 1. The molecular weight excluding hydrogens is 212 g/mol. The van der Waals surface area contributed by atoms with Crippen molar-refractivity contribution in [1.29, 1.82) is 0 Å². The van der Waals surface area contributed by atoms with Gasteiger partial charge in [-0.25, -0.2) is 0 Å². The lowest BCUT2D eigenvalue weighted by molar-refractivity contribution is 0.455. The summed E-state index contributed by atoms with van der Waals surface area (Å²) >= 11 is 0. The topological polar surface area (TPSA) is 38.1 Å². The van der Waals surface area contributed by atoms with E-state index in [1.54, 1.807) is 6.26 Å². The first-order valence-electron chi connectivity index (χ1n) is 5.92. The molecule has 2 rings (SSSR count). The normalized spacial score (nSPS) is 12.6. The molecule has 0 amide bonds. The highest BCUT2D eigenvalue weighted by Gasteiger charge is 2.05. The van der Waals surface area contributed by atoms with Crippen LogP contribution in [-0.2, 0) is 13.0 Å². The average molecular weight is 230 g/mol. The van der Waals surface area contributed by atoms with Gasteiger partial charge in [0.05, 0.1) is 12.0 Å². The number of rotatable bonds is 5. The van der Waals surface area contributed by atoms with Gasteiger partial charge in [0.15, 0.2) is 0 Å². The molecule has 2 heterocycles. The molecule has 2 aromatic heterocycles. The standard InChI is InChI=1S/C14H18N2O/c1-11-5-3-6-13(16-11)10-15-12(2)9-14-7-4-8-17-14/h3-8,12,15H,9-10H2,1-2H3. The van der Waals surface area contributed by atoms with Crippen molar-refractivity contribution in [1.82, 2.24) is 10.3 Å². The lowest BCUT2D eigenvalue weighted by atomic mass is 10.2. The molecule has 3 nitrogen and oxygen atoms in total. The van der Waals surface area contributed by atoms with Gasteiger partial charge in [-0.1, -0.05) is 6.07 Å². The molecular formula is C14H18N2O.